The average molecular weight is 402 g/mol. The van der Waals surface area contributed by atoms with E-state index in [1.165, 1.54) is 0 Å². The second-order valence-corrected chi connectivity index (χ2v) is 7.18. The molecule has 1 amide bonds. The van der Waals surface area contributed by atoms with Gasteiger partial charge in [-0.25, -0.2) is 4.79 Å². The Morgan fingerprint density at radius 3 is 2.27 bits per heavy atom. The van der Waals surface area contributed by atoms with Crippen LogP contribution in [0.3, 0.4) is 0 Å². The second kappa shape index (κ2) is 8.24. The molecular weight excluding hydrogens is 380 g/mol. The fraction of sp³-hybridized carbons (Fsp3) is 0.174. The Kier molecular flexibility index (Phi) is 5.34. The number of aromatic nitrogens is 3. The van der Waals surface area contributed by atoms with Crippen molar-refractivity contribution in [1.29, 1.82) is 0 Å². The lowest BCUT2D eigenvalue weighted by molar-refractivity contribution is 0.0955. The lowest BCUT2D eigenvalue weighted by Crippen LogP contribution is -2.36. The number of hydrogen-bond donors (Lipinski definition) is 2. The summed E-state index contributed by atoms with van der Waals surface area (Å²) in [5, 5.41) is 2.86. The minimum absolute atomic E-state index is 0.161. The third kappa shape index (κ3) is 3.82. The fourth-order valence-electron chi connectivity index (χ4n) is 3.55. The molecular formula is C23H22N4O3. The molecule has 152 valence electrons. The predicted molar refractivity (Wildman–Crippen MR) is 116 cm³/mol. The molecule has 0 aliphatic heterocycles. The third-order valence-electron chi connectivity index (χ3n) is 5.08. The third-order valence-corrected chi connectivity index (χ3v) is 5.08. The van der Waals surface area contributed by atoms with Crippen molar-refractivity contribution >= 4 is 16.9 Å². The van der Waals surface area contributed by atoms with Crippen molar-refractivity contribution in [2.24, 2.45) is 7.05 Å². The van der Waals surface area contributed by atoms with Crippen molar-refractivity contribution in [2.45, 2.75) is 13.0 Å². The number of carbonyl (C=O) groups is 1. The van der Waals surface area contributed by atoms with Crippen LogP contribution in [0.2, 0.25) is 0 Å². The molecule has 4 aromatic rings. The van der Waals surface area contributed by atoms with Gasteiger partial charge < -0.3 is 14.9 Å². The summed E-state index contributed by atoms with van der Waals surface area (Å²) in [6.45, 7) is 0.614. The van der Waals surface area contributed by atoms with E-state index in [1.54, 1.807) is 17.8 Å². The number of amides is 1. The monoisotopic (exact) mass is 402 g/mol. The van der Waals surface area contributed by atoms with Crippen LogP contribution < -0.4 is 16.6 Å². The van der Waals surface area contributed by atoms with E-state index in [0.717, 1.165) is 15.7 Å². The molecule has 0 aliphatic carbocycles. The topological polar surface area (TPSA) is 88.9 Å². The van der Waals surface area contributed by atoms with Crippen LogP contribution in [0.25, 0.3) is 11.0 Å². The fourth-order valence-corrected chi connectivity index (χ4v) is 3.55. The summed E-state index contributed by atoms with van der Waals surface area (Å²) in [5.74, 6) is -0.326. The van der Waals surface area contributed by atoms with Crippen molar-refractivity contribution in [3.8, 4) is 0 Å². The number of nitrogens with one attached hydrogen (secondary N) is 2. The lowest BCUT2D eigenvalue weighted by atomic mass is 10.1. The Hall–Kier alpha value is -3.87. The highest BCUT2D eigenvalue weighted by Crippen LogP contribution is 2.14. The van der Waals surface area contributed by atoms with Crippen molar-refractivity contribution in [3.05, 3.63) is 104 Å². The van der Waals surface area contributed by atoms with E-state index < -0.39 is 11.2 Å². The Labute approximate surface area is 172 Å². The summed E-state index contributed by atoms with van der Waals surface area (Å²) in [6, 6.07) is 19.1. The molecule has 4 rings (SSSR count). The molecule has 0 aliphatic rings. The molecule has 0 fully saturated rings. The van der Waals surface area contributed by atoms with Gasteiger partial charge in [0, 0.05) is 19.8 Å². The summed E-state index contributed by atoms with van der Waals surface area (Å²) in [7, 11) is 1.69. The minimum atomic E-state index is -0.541. The van der Waals surface area contributed by atoms with Gasteiger partial charge in [0.25, 0.3) is 11.5 Å². The first-order valence-electron chi connectivity index (χ1n) is 9.73. The smallest absolute Gasteiger partial charge is 0.329 e. The van der Waals surface area contributed by atoms with Crippen molar-refractivity contribution in [1.82, 2.24) is 19.4 Å². The van der Waals surface area contributed by atoms with Crippen LogP contribution >= 0.6 is 0 Å². The number of aryl methyl sites for hydroxylation is 1. The zero-order valence-electron chi connectivity index (χ0n) is 16.6. The molecule has 2 N–H and O–H groups in total. The molecule has 7 heteroatoms. The maximum atomic E-state index is 13.0. The summed E-state index contributed by atoms with van der Waals surface area (Å²) >= 11 is 0. The van der Waals surface area contributed by atoms with Gasteiger partial charge >= 0.3 is 5.69 Å². The summed E-state index contributed by atoms with van der Waals surface area (Å²) < 4.78 is 2.73. The van der Waals surface area contributed by atoms with E-state index in [2.05, 4.69) is 10.3 Å². The molecule has 0 radical (unpaired) electrons. The SMILES string of the molecule is Cn1cc(C(=O)NCCc2ccccc2)c2[nH]c(=O)n(Cc3ccccc3)c(=O)c21. The maximum Gasteiger partial charge on any atom is 0.329 e. The van der Waals surface area contributed by atoms with Gasteiger partial charge in [-0.15, -0.1) is 0 Å². The number of H-pyrrole nitrogens is 1. The quantitative estimate of drug-likeness (QED) is 0.517. The van der Waals surface area contributed by atoms with Gasteiger partial charge in [-0.3, -0.25) is 14.2 Å². The van der Waals surface area contributed by atoms with Gasteiger partial charge in [0.1, 0.15) is 5.52 Å². The average Bonchev–Trinajstić information content (AvgIpc) is 3.09. The number of hydrogen-bond acceptors (Lipinski definition) is 3. The lowest BCUT2D eigenvalue weighted by Gasteiger charge is -2.07. The van der Waals surface area contributed by atoms with E-state index in [4.69, 9.17) is 0 Å². The number of fused-ring (bicyclic) bond motifs is 1. The molecule has 0 saturated carbocycles. The Balaban J connectivity index is 1.61. The van der Waals surface area contributed by atoms with Gasteiger partial charge in [-0.2, -0.15) is 0 Å². The first kappa shape index (κ1) is 19.4. The summed E-state index contributed by atoms with van der Waals surface area (Å²) in [5.41, 5.74) is 1.82. The van der Waals surface area contributed by atoms with E-state index >= 15 is 0 Å². The van der Waals surface area contributed by atoms with E-state index in [-0.39, 0.29) is 23.5 Å². The van der Waals surface area contributed by atoms with Crippen molar-refractivity contribution in [2.75, 3.05) is 6.54 Å². The summed E-state index contributed by atoms with van der Waals surface area (Å²) in [6.07, 6.45) is 2.27. The van der Waals surface area contributed by atoms with Crippen LogP contribution in [0, 0.1) is 0 Å². The molecule has 2 aromatic carbocycles. The molecule has 0 unspecified atom stereocenters. The summed E-state index contributed by atoms with van der Waals surface area (Å²) in [4.78, 5) is 41.0. The highest BCUT2D eigenvalue weighted by Gasteiger charge is 2.19. The Bertz CT molecular complexity index is 1300. The van der Waals surface area contributed by atoms with Crippen LogP contribution in [-0.4, -0.2) is 26.6 Å². The molecule has 0 saturated heterocycles. The molecule has 0 atom stereocenters. The number of carbonyl (C=O) groups excluding carboxylic acids is 1. The van der Waals surface area contributed by atoms with E-state index in [1.807, 2.05) is 60.7 Å². The molecule has 7 nitrogen and oxygen atoms in total. The minimum Gasteiger partial charge on any atom is -0.352 e. The van der Waals surface area contributed by atoms with Crippen LogP contribution in [0.15, 0.2) is 76.4 Å². The maximum absolute atomic E-state index is 13.0. The highest BCUT2D eigenvalue weighted by atomic mass is 16.2. The highest BCUT2D eigenvalue weighted by molar-refractivity contribution is 6.05. The molecule has 2 heterocycles. The number of nitrogens with zero attached hydrogens (tertiary/aromatic N) is 2. The number of benzene rings is 2. The Morgan fingerprint density at radius 1 is 0.967 bits per heavy atom. The van der Waals surface area contributed by atoms with Crippen molar-refractivity contribution in [3.63, 3.8) is 0 Å². The largest absolute Gasteiger partial charge is 0.352 e. The van der Waals surface area contributed by atoms with Gasteiger partial charge in [0.2, 0.25) is 0 Å². The molecule has 0 spiro atoms. The first-order valence-corrected chi connectivity index (χ1v) is 9.73. The number of rotatable bonds is 6. The van der Waals surface area contributed by atoms with E-state index in [0.29, 0.717) is 18.5 Å². The zero-order valence-corrected chi connectivity index (χ0v) is 16.6. The standard InChI is InChI=1S/C23H22N4O3/c1-26-15-18(21(28)24-13-12-16-8-4-2-5-9-16)19-20(26)22(29)27(23(30)25-19)14-17-10-6-3-7-11-17/h2-11,15H,12-14H2,1H3,(H,24,28)(H,25,30). The Morgan fingerprint density at radius 2 is 1.60 bits per heavy atom. The molecule has 30 heavy (non-hydrogen) atoms. The van der Waals surface area contributed by atoms with Crippen LogP contribution in [-0.2, 0) is 20.0 Å². The van der Waals surface area contributed by atoms with Gasteiger partial charge in [-0.05, 0) is 17.5 Å². The van der Waals surface area contributed by atoms with Gasteiger partial charge in [0.15, 0.2) is 0 Å². The van der Waals surface area contributed by atoms with Crippen LogP contribution in [0.1, 0.15) is 21.5 Å². The van der Waals surface area contributed by atoms with Gasteiger partial charge in [0.05, 0.1) is 17.6 Å². The molecule has 0 bridgehead atoms. The van der Waals surface area contributed by atoms with Crippen molar-refractivity contribution < 1.29 is 4.79 Å². The zero-order chi connectivity index (χ0) is 21.1. The first-order chi connectivity index (χ1) is 14.5. The van der Waals surface area contributed by atoms with Crippen LogP contribution in [0.5, 0.6) is 0 Å². The normalized spacial score (nSPS) is 11.0. The molecule has 2 aromatic heterocycles. The van der Waals surface area contributed by atoms with E-state index in [9.17, 15) is 14.4 Å². The number of aromatic amines is 1. The van der Waals surface area contributed by atoms with Crippen LogP contribution in [0.4, 0.5) is 0 Å². The van der Waals surface area contributed by atoms with Gasteiger partial charge in [-0.1, -0.05) is 60.7 Å². The predicted octanol–water partition coefficient (Wildman–Crippen LogP) is 2.05. The second-order valence-electron chi connectivity index (χ2n) is 7.18.